The molecule has 0 amide bonds. The van der Waals surface area contributed by atoms with Gasteiger partial charge >= 0.3 is 12.1 Å². The van der Waals surface area contributed by atoms with Gasteiger partial charge in [0.25, 0.3) is 0 Å². The molecule has 0 saturated heterocycles. The average Bonchev–Trinajstić information content (AvgIpc) is 2.40. The second kappa shape index (κ2) is 5.73. The van der Waals surface area contributed by atoms with Crippen molar-refractivity contribution in [2.24, 2.45) is 0 Å². The van der Waals surface area contributed by atoms with Gasteiger partial charge in [-0.05, 0) is 42.5 Å². The van der Waals surface area contributed by atoms with Crippen LogP contribution in [0.1, 0.15) is 15.9 Å². The second-order valence-corrected chi connectivity index (χ2v) is 4.47. The van der Waals surface area contributed by atoms with E-state index >= 15 is 0 Å². The van der Waals surface area contributed by atoms with Crippen molar-refractivity contribution in [3.63, 3.8) is 0 Å². The smallest absolute Gasteiger partial charge is 0.417 e. The zero-order valence-electron chi connectivity index (χ0n) is 10.2. The van der Waals surface area contributed by atoms with Gasteiger partial charge in [0.1, 0.15) is 11.6 Å². The zero-order chi connectivity index (χ0) is 15.6. The van der Waals surface area contributed by atoms with Gasteiger partial charge in [-0.25, -0.2) is 9.18 Å². The zero-order valence-corrected chi connectivity index (χ0v) is 11.0. The Morgan fingerprint density at radius 2 is 1.67 bits per heavy atom. The molecule has 2 aromatic carbocycles. The fraction of sp³-hybridized carbons (Fsp3) is 0.0714. The van der Waals surface area contributed by atoms with E-state index in [2.05, 4.69) is 0 Å². The summed E-state index contributed by atoms with van der Waals surface area (Å²) >= 11 is 5.64. The van der Waals surface area contributed by atoms with Crippen LogP contribution in [-0.4, -0.2) is 5.97 Å². The molecule has 0 N–H and O–H groups in total. The molecule has 2 rings (SSSR count). The molecule has 0 aliphatic rings. The van der Waals surface area contributed by atoms with E-state index in [0.29, 0.717) is 5.02 Å². The van der Waals surface area contributed by atoms with Crippen molar-refractivity contribution in [3.8, 4) is 5.75 Å². The van der Waals surface area contributed by atoms with Crippen molar-refractivity contribution in [2.75, 3.05) is 0 Å². The predicted octanol–water partition coefficient (Wildman–Crippen LogP) is 4.72. The second-order valence-electron chi connectivity index (χ2n) is 4.03. The fourth-order valence-corrected chi connectivity index (χ4v) is 1.72. The summed E-state index contributed by atoms with van der Waals surface area (Å²) in [6.45, 7) is 0. The number of carbonyl (C=O) groups is 1. The molecule has 0 aromatic heterocycles. The Bertz CT molecular complexity index is 666. The van der Waals surface area contributed by atoms with Gasteiger partial charge in [-0.15, -0.1) is 0 Å². The summed E-state index contributed by atoms with van der Waals surface area (Å²) < 4.78 is 56.1. The van der Waals surface area contributed by atoms with Crippen molar-refractivity contribution in [2.45, 2.75) is 6.18 Å². The number of carbonyl (C=O) groups excluding carboxylic acids is 1. The van der Waals surface area contributed by atoms with Crippen LogP contribution in [0.5, 0.6) is 5.75 Å². The van der Waals surface area contributed by atoms with Crippen molar-refractivity contribution >= 4 is 17.6 Å². The first-order chi connectivity index (χ1) is 9.77. The Kier molecular flexibility index (Phi) is 4.18. The Balaban J connectivity index is 2.33. The molecule has 0 bridgehead atoms. The SMILES string of the molecule is O=C(Oc1ccc(Cl)cc1)c1ccc(F)cc1C(F)(F)F. The topological polar surface area (TPSA) is 26.3 Å². The van der Waals surface area contributed by atoms with E-state index in [0.717, 1.165) is 12.1 Å². The molecule has 0 aliphatic heterocycles. The molecule has 0 spiro atoms. The molecule has 0 heterocycles. The number of ether oxygens (including phenoxy) is 1. The third-order valence-electron chi connectivity index (χ3n) is 2.53. The normalized spacial score (nSPS) is 11.3. The summed E-state index contributed by atoms with van der Waals surface area (Å²) in [7, 11) is 0. The Morgan fingerprint density at radius 3 is 2.24 bits per heavy atom. The van der Waals surface area contributed by atoms with Gasteiger partial charge in [0.2, 0.25) is 0 Å². The number of rotatable bonds is 2. The van der Waals surface area contributed by atoms with E-state index in [1.165, 1.54) is 24.3 Å². The number of benzene rings is 2. The molecule has 21 heavy (non-hydrogen) atoms. The number of esters is 1. The lowest BCUT2D eigenvalue weighted by Gasteiger charge is -2.12. The van der Waals surface area contributed by atoms with Crippen LogP contribution in [-0.2, 0) is 6.18 Å². The molecule has 0 unspecified atom stereocenters. The minimum absolute atomic E-state index is 0.0295. The summed E-state index contributed by atoms with van der Waals surface area (Å²) in [5.74, 6) is -2.29. The van der Waals surface area contributed by atoms with Crippen molar-refractivity contribution in [3.05, 3.63) is 64.4 Å². The first kappa shape index (κ1) is 15.3. The van der Waals surface area contributed by atoms with Gasteiger partial charge in [0.15, 0.2) is 0 Å². The number of alkyl halides is 3. The standard InChI is InChI=1S/C14H7ClF4O2/c15-8-1-4-10(5-2-8)21-13(20)11-6-3-9(16)7-12(11)14(17,18)19/h1-7H. The third-order valence-corrected chi connectivity index (χ3v) is 2.78. The van der Waals surface area contributed by atoms with E-state index in [1.54, 1.807) is 0 Å². The highest BCUT2D eigenvalue weighted by molar-refractivity contribution is 6.30. The lowest BCUT2D eigenvalue weighted by Crippen LogP contribution is -2.17. The first-order valence-electron chi connectivity index (χ1n) is 5.62. The van der Waals surface area contributed by atoms with Crippen LogP contribution < -0.4 is 4.74 Å². The van der Waals surface area contributed by atoms with Crippen LogP contribution >= 0.6 is 11.6 Å². The van der Waals surface area contributed by atoms with E-state index in [1.807, 2.05) is 0 Å². The van der Waals surface area contributed by atoms with E-state index < -0.39 is 29.1 Å². The Labute approximate surface area is 121 Å². The molecule has 7 heteroatoms. The van der Waals surface area contributed by atoms with E-state index in [-0.39, 0.29) is 11.8 Å². The molecule has 0 saturated carbocycles. The molecule has 0 aliphatic carbocycles. The number of hydrogen-bond acceptors (Lipinski definition) is 2. The highest BCUT2D eigenvalue weighted by atomic mass is 35.5. The van der Waals surface area contributed by atoms with Gasteiger partial charge in [-0.1, -0.05) is 11.6 Å². The summed E-state index contributed by atoms with van der Waals surface area (Å²) in [6, 6.07) is 7.23. The van der Waals surface area contributed by atoms with E-state index in [9.17, 15) is 22.4 Å². The van der Waals surface area contributed by atoms with Gasteiger partial charge in [0.05, 0.1) is 11.1 Å². The maximum atomic E-state index is 12.9. The minimum atomic E-state index is -4.86. The average molecular weight is 319 g/mol. The van der Waals surface area contributed by atoms with Crippen LogP contribution in [0, 0.1) is 5.82 Å². The summed E-state index contributed by atoms with van der Waals surface area (Å²) in [6.07, 6.45) is -4.86. The largest absolute Gasteiger partial charge is 0.423 e. The summed E-state index contributed by atoms with van der Waals surface area (Å²) in [5.41, 5.74) is -2.15. The Morgan fingerprint density at radius 1 is 1.05 bits per heavy atom. The molecular weight excluding hydrogens is 312 g/mol. The van der Waals surface area contributed by atoms with Gasteiger partial charge in [0, 0.05) is 5.02 Å². The van der Waals surface area contributed by atoms with Crippen molar-refractivity contribution in [1.82, 2.24) is 0 Å². The predicted molar refractivity (Wildman–Crippen MR) is 67.8 cm³/mol. The highest BCUT2D eigenvalue weighted by Crippen LogP contribution is 2.33. The maximum Gasteiger partial charge on any atom is 0.417 e. The maximum absolute atomic E-state index is 12.9. The van der Waals surface area contributed by atoms with Crippen molar-refractivity contribution < 1.29 is 27.1 Å². The minimum Gasteiger partial charge on any atom is -0.423 e. The lowest BCUT2D eigenvalue weighted by atomic mass is 10.1. The highest BCUT2D eigenvalue weighted by Gasteiger charge is 2.36. The van der Waals surface area contributed by atoms with Gasteiger partial charge in [-0.2, -0.15) is 13.2 Å². The van der Waals surface area contributed by atoms with Crippen molar-refractivity contribution in [1.29, 1.82) is 0 Å². The van der Waals surface area contributed by atoms with Crippen LogP contribution in [0.3, 0.4) is 0 Å². The molecule has 0 radical (unpaired) electrons. The van der Waals surface area contributed by atoms with E-state index in [4.69, 9.17) is 16.3 Å². The van der Waals surface area contributed by atoms with Crippen LogP contribution in [0.2, 0.25) is 5.02 Å². The van der Waals surface area contributed by atoms with Gasteiger partial charge < -0.3 is 4.74 Å². The molecule has 2 aromatic rings. The van der Waals surface area contributed by atoms with Crippen LogP contribution in [0.4, 0.5) is 17.6 Å². The molecule has 0 atom stereocenters. The first-order valence-corrected chi connectivity index (χ1v) is 5.99. The molecule has 0 fully saturated rings. The third kappa shape index (κ3) is 3.72. The molecule has 2 nitrogen and oxygen atoms in total. The summed E-state index contributed by atoms with van der Waals surface area (Å²) in [5, 5.41) is 0.382. The van der Waals surface area contributed by atoms with Crippen LogP contribution in [0.25, 0.3) is 0 Å². The molecule has 110 valence electrons. The molecular formula is C14H7ClF4O2. The Hall–Kier alpha value is -2.08. The summed E-state index contributed by atoms with van der Waals surface area (Å²) in [4.78, 5) is 11.8. The van der Waals surface area contributed by atoms with Gasteiger partial charge in [-0.3, -0.25) is 0 Å². The van der Waals surface area contributed by atoms with Crippen LogP contribution in [0.15, 0.2) is 42.5 Å². The lowest BCUT2D eigenvalue weighted by molar-refractivity contribution is -0.138. The number of hydrogen-bond donors (Lipinski definition) is 0. The monoisotopic (exact) mass is 318 g/mol. The quantitative estimate of drug-likeness (QED) is 0.455. The fourth-order valence-electron chi connectivity index (χ4n) is 1.59. The number of halogens is 5.